The van der Waals surface area contributed by atoms with Gasteiger partial charge in [-0.1, -0.05) is 5.21 Å². The van der Waals surface area contributed by atoms with Gasteiger partial charge in [0.1, 0.15) is 0 Å². The molecule has 70 valence electrons. The summed E-state index contributed by atoms with van der Waals surface area (Å²) in [6, 6.07) is 0. The third-order valence-corrected chi connectivity index (χ3v) is 2.57. The van der Waals surface area contributed by atoms with Crippen LogP contribution in [0, 0.1) is 5.92 Å². The zero-order valence-electron chi connectivity index (χ0n) is 7.52. The lowest BCUT2D eigenvalue weighted by Gasteiger charge is -1.94. The van der Waals surface area contributed by atoms with Gasteiger partial charge in [0.15, 0.2) is 0 Å². The summed E-state index contributed by atoms with van der Waals surface area (Å²) in [5.41, 5.74) is 1.07. The second kappa shape index (κ2) is 2.80. The van der Waals surface area contributed by atoms with Crippen molar-refractivity contribution in [2.75, 3.05) is 6.61 Å². The Bertz CT molecular complexity index is 273. The molecule has 0 amide bonds. The minimum absolute atomic E-state index is 0.422. The average molecular weight is 179 g/mol. The van der Waals surface area contributed by atoms with Crippen molar-refractivity contribution in [2.45, 2.75) is 31.9 Å². The summed E-state index contributed by atoms with van der Waals surface area (Å²) in [7, 11) is 0. The van der Waals surface area contributed by atoms with Crippen LogP contribution in [0.5, 0.6) is 0 Å². The van der Waals surface area contributed by atoms with Gasteiger partial charge in [-0.15, -0.1) is 5.10 Å². The molecule has 1 aromatic rings. The summed E-state index contributed by atoms with van der Waals surface area (Å²) in [5, 5.41) is 8.20. The average Bonchev–Trinajstić information content (AvgIpc) is 2.96. The SMILES string of the molecule is c1c(CC2CO2)nnn1CC1CC1. The molecule has 0 bridgehead atoms. The molecular weight excluding hydrogens is 166 g/mol. The fraction of sp³-hybridized carbons (Fsp3) is 0.778. The van der Waals surface area contributed by atoms with E-state index >= 15 is 0 Å². The van der Waals surface area contributed by atoms with Crippen molar-refractivity contribution in [2.24, 2.45) is 5.92 Å². The maximum Gasteiger partial charge on any atom is 0.0866 e. The third kappa shape index (κ3) is 1.88. The third-order valence-electron chi connectivity index (χ3n) is 2.57. The number of hydrogen-bond donors (Lipinski definition) is 0. The largest absolute Gasteiger partial charge is 0.373 e. The molecule has 0 N–H and O–H groups in total. The van der Waals surface area contributed by atoms with Crippen molar-refractivity contribution in [1.82, 2.24) is 15.0 Å². The van der Waals surface area contributed by atoms with Crippen LogP contribution in [0.25, 0.3) is 0 Å². The highest BCUT2D eigenvalue weighted by Gasteiger charge is 2.25. The fourth-order valence-electron chi connectivity index (χ4n) is 1.51. The van der Waals surface area contributed by atoms with Crippen molar-refractivity contribution < 1.29 is 4.74 Å². The van der Waals surface area contributed by atoms with E-state index in [9.17, 15) is 0 Å². The second-order valence-electron chi connectivity index (χ2n) is 4.03. The van der Waals surface area contributed by atoms with Crippen LogP contribution in [0.4, 0.5) is 0 Å². The Morgan fingerprint density at radius 2 is 2.38 bits per heavy atom. The molecule has 1 saturated carbocycles. The lowest BCUT2D eigenvalue weighted by atomic mass is 10.3. The van der Waals surface area contributed by atoms with E-state index in [4.69, 9.17) is 4.74 Å². The molecule has 1 aliphatic heterocycles. The Kier molecular flexibility index (Phi) is 1.62. The number of nitrogens with zero attached hydrogens (tertiary/aromatic N) is 3. The maximum atomic E-state index is 5.14. The van der Waals surface area contributed by atoms with Gasteiger partial charge in [0, 0.05) is 19.2 Å². The van der Waals surface area contributed by atoms with Crippen molar-refractivity contribution in [3.8, 4) is 0 Å². The summed E-state index contributed by atoms with van der Waals surface area (Å²) in [6.07, 6.45) is 6.14. The zero-order valence-corrected chi connectivity index (χ0v) is 7.52. The first kappa shape index (κ1) is 7.50. The molecule has 1 aromatic heterocycles. The monoisotopic (exact) mass is 179 g/mol. The van der Waals surface area contributed by atoms with Gasteiger partial charge in [-0.05, 0) is 18.8 Å². The minimum Gasteiger partial charge on any atom is -0.373 e. The van der Waals surface area contributed by atoms with Crippen LogP contribution in [0.15, 0.2) is 6.20 Å². The van der Waals surface area contributed by atoms with Crippen molar-refractivity contribution >= 4 is 0 Å². The highest BCUT2D eigenvalue weighted by molar-refractivity contribution is 4.97. The number of ether oxygens (including phenoxy) is 1. The quantitative estimate of drug-likeness (QED) is 0.637. The molecule has 3 rings (SSSR count). The molecule has 4 heteroatoms. The highest BCUT2D eigenvalue weighted by atomic mass is 16.6. The molecule has 2 fully saturated rings. The van der Waals surface area contributed by atoms with Crippen molar-refractivity contribution in [1.29, 1.82) is 0 Å². The van der Waals surface area contributed by atoms with E-state index in [-0.39, 0.29) is 0 Å². The smallest absolute Gasteiger partial charge is 0.0866 e. The Morgan fingerprint density at radius 1 is 1.54 bits per heavy atom. The molecule has 13 heavy (non-hydrogen) atoms. The van der Waals surface area contributed by atoms with Gasteiger partial charge in [0.25, 0.3) is 0 Å². The van der Waals surface area contributed by atoms with Gasteiger partial charge in [0.2, 0.25) is 0 Å². The standard InChI is InChI=1S/C9H13N3O/c1-2-7(1)4-12-5-8(10-11-12)3-9-6-13-9/h5,7,9H,1-4,6H2. The summed E-state index contributed by atoms with van der Waals surface area (Å²) >= 11 is 0. The van der Waals surface area contributed by atoms with Crippen LogP contribution in [0.2, 0.25) is 0 Å². The zero-order chi connectivity index (χ0) is 8.67. The minimum atomic E-state index is 0.422. The molecule has 0 radical (unpaired) electrons. The predicted molar refractivity (Wildman–Crippen MR) is 46.2 cm³/mol. The first-order valence-electron chi connectivity index (χ1n) is 4.91. The van der Waals surface area contributed by atoms with E-state index in [0.717, 1.165) is 31.2 Å². The molecule has 1 atom stereocenters. The van der Waals surface area contributed by atoms with Crippen molar-refractivity contribution in [3.63, 3.8) is 0 Å². The van der Waals surface area contributed by atoms with Crippen LogP contribution in [-0.4, -0.2) is 27.7 Å². The van der Waals surface area contributed by atoms with Gasteiger partial charge in [-0.3, -0.25) is 4.68 Å². The van der Waals surface area contributed by atoms with Crippen LogP contribution in [0.1, 0.15) is 18.5 Å². The van der Waals surface area contributed by atoms with E-state index in [1.54, 1.807) is 0 Å². The van der Waals surface area contributed by atoms with Gasteiger partial charge in [0.05, 0.1) is 18.4 Å². The highest BCUT2D eigenvalue weighted by Crippen LogP contribution is 2.30. The summed E-state index contributed by atoms with van der Waals surface area (Å²) in [5.74, 6) is 0.867. The second-order valence-corrected chi connectivity index (χ2v) is 4.03. The number of epoxide rings is 1. The summed E-state index contributed by atoms with van der Waals surface area (Å²) in [4.78, 5) is 0. The van der Waals surface area contributed by atoms with Crippen LogP contribution >= 0.6 is 0 Å². The van der Waals surface area contributed by atoms with Crippen LogP contribution in [0.3, 0.4) is 0 Å². The normalized spacial score (nSPS) is 26.3. The molecule has 0 aromatic carbocycles. The molecule has 1 aliphatic carbocycles. The molecule has 2 heterocycles. The first-order valence-corrected chi connectivity index (χ1v) is 4.91. The predicted octanol–water partition coefficient (Wildman–Crippen LogP) is 0.629. The lowest BCUT2D eigenvalue weighted by molar-refractivity contribution is 0.406. The number of rotatable bonds is 4. The Balaban J connectivity index is 1.62. The van der Waals surface area contributed by atoms with Crippen LogP contribution < -0.4 is 0 Å². The molecular formula is C9H13N3O. The van der Waals surface area contributed by atoms with Gasteiger partial charge < -0.3 is 4.74 Å². The molecule has 1 saturated heterocycles. The molecule has 4 nitrogen and oxygen atoms in total. The lowest BCUT2D eigenvalue weighted by Crippen LogP contribution is -1.99. The summed E-state index contributed by atoms with van der Waals surface area (Å²) < 4.78 is 7.11. The van der Waals surface area contributed by atoms with E-state index in [1.165, 1.54) is 12.8 Å². The van der Waals surface area contributed by atoms with E-state index in [1.807, 2.05) is 4.68 Å². The number of hydrogen-bond acceptors (Lipinski definition) is 3. The van der Waals surface area contributed by atoms with Crippen LogP contribution in [-0.2, 0) is 17.7 Å². The Hall–Kier alpha value is -0.900. The van der Waals surface area contributed by atoms with Crippen molar-refractivity contribution in [3.05, 3.63) is 11.9 Å². The topological polar surface area (TPSA) is 43.2 Å². The first-order chi connectivity index (χ1) is 6.40. The molecule has 1 unspecified atom stereocenters. The summed E-state index contributed by atoms with van der Waals surface area (Å²) in [6.45, 7) is 1.95. The van der Waals surface area contributed by atoms with E-state index < -0.39 is 0 Å². The van der Waals surface area contributed by atoms with E-state index in [0.29, 0.717) is 6.10 Å². The number of aromatic nitrogens is 3. The van der Waals surface area contributed by atoms with Gasteiger partial charge >= 0.3 is 0 Å². The van der Waals surface area contributed by atoms with Gasteiger partial charge in [-0.2, -0.15) is 0 Å². The Labute approximate surface area is 76.9 Å². The van der Waals surface area contributed by atoms with E-state index in [2.05, 4.69) is 16.5 Å². The molecule has 2 aliphatic rings. The maximum absolute atomic E-state index is 5.14. The molecule has 0 spiro atoms. The fourth-order valence-corrected chi connectivity index (χ4v) is 1.51. The Morgan fingerprint density at radius 3 is 3.08 bits per heavy atom. The van der Waals surface area contributed by atoms with Gasteiger partial charge in [-0.25, -0.2) is 0 Å².